The molecule has 298 valence electrons. The lowest BCUT2D eigenvalue weighted by molar-refractivity contribution is 0.533. The lowest BCUT2D eigenvalue weighted by Crippen LogP contribution is -2.16. The number of nitrogens with zero attached hydrogens (tertiary/aromatic N) is 1. The summed E-state index contributed by atoms with van der Waals surface area (Å²) in [6.07, 6.45) is 21.2. The first-order chi connectivity index (χ1) is 29.9. The van der Waals surface area contributed by atoms with Gasteiger partial charge in [-0.25, -0.2) is 0 Å². The van der Waals surface area contributed by atoms with Gasteiger partial charge in [-0.1, -0.05) is 142 Å². The molecule has 3 heterocycles. The van der Waals surface area contributed by atoms with Gasteiger partial charge in [-0.05, 0) is 127 Å². The fourth-order valence-corrected chi connectivity index (χ4v) is 11.7. The van der Waals surface area contributed by atoms with Crippen LogP contribution < -0.4 is 0 Å². The number of H-pyrrole nitrogens is 1. The quantitative estimate of drug-likeness (QED) is 0.167. The molecule has 3 aliphatic carbocycles. The fraction of sp³-hybridized carbons (Fsp3) is 0.172. The molecule has 0 amide bonds. The van der Waals surface area contributed by atoms with E-state index < -0.39 is 0 Å². The Hall–Kier alpha value is -6.42. The van der Waals surface area contributed by atoms with Gasteiger partial charge < -0.3 is 9.55 Å². The molecule has 3 aromatic heterocycles. The van der Waals surface area contributed by atoms with Crippen molar-refractivity contribution in [2.75, 3.05) is 0 Å². The van der Waals surface area contributed by atoms with Crippen LogP contribution in [-0.2, 0) is 0 Å². The Morgan fingerprint density at radius 3 is 2.33 bits per heavy atom. The summed E-state index contributed by atoms with van der Waals surface area (Å²) in [7, 11) is 0. The second-order valence-corrected chi connectivity index (χ2v) is 18.5. The van der Waals surface area contributed by atoms with E-state index in [0.29, 0.717) is 0 Å². The van der Waals surface area contributed by atoms with Crippen LogP contribution in [0.25, 0.3) is 86.2 Å². The van der Waals surface area contributed by atoms with Crippen LogP contribution in [0.3, 0.4) is 0 Å². The largest absolute Gasteiger partial charge is 0.354 e. The molecule has 0 atom stereocenters. The number of rotatable bonds is 5. The average Bonchev–Trinajstić information content (AvgIpc) is 4.03. The van der Waals surface area contributed by atoms with Gasteiger partial charge in [0.05, 0.1) is 11.0 Å². The molecule has 9 aromatic rings. The van der Waals surface area contributed by atoms with Crippen molar-refractivity contribution < 1.29 is 0 Å². The number of allylic oxidation sites excluding steroid dienone is 12. The van der Waals surface area contributed by atoms with E-state index in [2.05, 4.69) is 182 Å². The van der Waals surface area contributed by atoms with Crippen LogP contribution in [0.15, 0.2) is 186 Å². The predicted molar refractivity (Wildman–Crippen MR) is 266 cm³/mol. The van der Waals surface area contributed by atoms with Crippen molar-refractivity contribution in [3.05, 3.63) is 192 Å². The predicted octanol–water partition coefficient (Wildman–Crippen LogP) is 17.1. The maximum absolute atomic E-state index is 3.74. The van der Waals surface area contributed by atoms with Crippen molar-refractivity contribution in [3.8, 4) is 16.8 Å². The van der Waals surface area contributed by atoms with Crippen LogP contribution >= 0.6 is 11.3 Å². The molecule has 61 heavy (non-hydrogen) atoms. The summed E-state index contributed by atoms with van der Waals surface area (Å²) in [6, 6.07) is 45.6. The highest BCUT2D eigenvalue weighted by molar-refractivity contribution is 7.25. The third-order valence-electron chi connectivity index (χ3n) is 13.4. The molecule has 6 aromatic carbocycles. The Kier molecular flexibility index (Phi) is 9.20. The lowest BCUT2D eigenvalue weighted by atomic mass is 9.75. The zero-order valence-corrected chi connectivity index (χ0v) is 36.3. The summed E-state index contributed by atoms with van der Waals surface area (Å²) in [5.74, 6) is 0. The van der Waals surface area contributed by atoms with Crippen molar-refractivity contribution >= 4 is 80.7 Å². The van der Waals surface area contributed by atoms with Crippen LogP contribution in [-0.4, -0.2) is 9.55 Å². The molecule has 3 aliphatic rings. The normalized spacial score (nSPS) is 16.2. The van der Waals surface area contributed by atoms with Gasteiger partial charge in [0.1, 0.15) is 0 Å². The Labute approximate surface area is 362 Å². The second-order valence-electron chi connectivity index (χ2n) is 17.4. The Balaban J connectivity index is 0.000000556. The summed E-state index contributed by atoms with van der Waals surface area (Å²) in [5.41, 5.74) is 17.6. The lowest BCUT2D eigenvalue weighted by Gasteiger charge is -2.29. The number of para-hydroxylation sites is 2. The monoisotopic (exact) mass is 806 g/mol. The molecule has 1 N–H and O–H groups in total. The Morgan fingerprint density at radius 1 is 0.689 bits per heavy atom. The van der Waals surface area contributed by atoms with Crippen LogP contribution in [0.4, 0.5) is 0 Å². The smallest absolute Gasteiger partial charge is 0.0641 e. The molecule has 0 saturated carbocycles. The minimum absolute atomic E-state index is 0.0571. The number of benzene rings is 6. The number of thiophene rings is 1. The van der Waals surface area contributed by atoms with E-state index >= 15 is 0 Å². The van der Waals surface area contributed by atoms with E-state index in [-0.39, 0.29) is 5.41 Å². The third kappa shape index (κ3) is 6.12. The standard InChI is InChI=1S/C51H38N2S.C7H12/c1-51(2)42-15-7-3-11-35(42)36-21-19-30(28-43(36)51)32-25-33(31-20-22-39-38-13-6-10-18-47(38)54-48(39)29-31)27-34(26-32)53-46-17-9-5-12-37(46)40-23-24-45-49(50(40)53)41-14-4-8-16-44(41)52-45;1-3-5-7-6-4-2/h3-6,8-14,16-18,20,22-29,52H,7,15,19,21H2,1-2H3;3,5-7H,4H2,1-2H3/b;5-3-,7-6-. The van der Waals surface area contributed by atoms with Gasteiger partial charge >= 0.3 is 0 Å². The zero-order valence-electron chi connectivity index (χ0n) is 35.5. The highest BCUT2D eigenvalue weighted by Crippen LogP contribution is 2.55. The second kappa shape index (κ2) is 14.9. The van der Waals surface area contributed by atoms with Crippen LogP contribution in [0.2, 0.25) is 0 Å². The van der Waals surface area contributed by atoms with Gasteiger partial charge in [-0.15, -0.1) is 11.3 Å². The molecule has 3 heteroatoms. The van der Waals surface area contributed by atoms with E-state index in [0.717, 1.165) is 25.7 Å². The molecule has 0 bridgehead atoms. The number of nitrogens with one attached hydrogen (secondary N) is 1. The van der Waals surface area contributed by atoms with Crippen LogP contribution in [0.5, 0.6) is 0 Å². The molecular formula is C58H50N2S. The first-order valence-electron chi connectivity index (χ1n) is 22.1. The van der Waals surface area contributed by atoms with Crippen molar-refractivity contribution in [2.45, 2.75) is 59.8 Å². The first kappa shape index (κ1) is 37.6. The van der Waals surface area contributed by atoms with E-state index in [4.69, 9.17) is 0 Å². The molecule has 2 nitrogen and oxygen atoms in total. The van der Waals surface area contributed by atoms with E-state index in [1.54, 1.807) is 11.1 Å². The molecule has 0 unspecified atom stereocenters. The van der Waals surface area contributed by atoms with Crippen LogP contribution in [0, 0.1) is 5.41 Å². The van der Waals surface area contributed by atoms with Crippen molar-refractivity contribution in [2.24, 2.45) is 5.41 Å². The molecule has 0 saturated heterocycles. The molecule has 0 spiro atoms. The highest BCUT2D eigenvalue weighted by atomic mass is 32.1. The number of fused-ring (bicyclic) bond motifs is 11. The molecule has 0 fully saturated rings. The maximum Gasteiger partial charge on any atom is 0.0641 e. The van der Waals surface area contributed by atoms with E-state index in [9.17, 15) is 0 Å². The van der Waals surface area contributed by atoms with Crippen molar-refractivity contribution in [1.29, 1.82) is 0 Å². The Morgan fingerprint density at radius 2 is 1.46 bits per heavy atom. The van der Waals surface area contributed by atoms with E-state index in [1.807, 2.05) is 30.4 Å². The summed E-state index contributed by atoms with van der Waals surface area (Å²) in [4.78, 5) is 3.74. The highest BCUT2D eigenvalue weighted by Gasteiger charge is 2.39. The molecule has 0 aliphatic heterocycles. The molecular weight excluding hydrogens is 757 g/mol. The minimum Gasteiger partial charge on any atom is -0.354 e. The number of hydrogen-bond acceptors (Lipinski definition) is 1. The molecule has 0 radical (unpaired) electrons. The topological polar surface area (TPSA) is 20.7 Å². The van der Waals surface area contributed by atoms with Crippen molar-refractivity contribution in [1.82, 2.24) is 9.55 Å². The summed E-state index contributed by atoms with van der Waals surface area (Å²) < 4.78 is 5.23. The summed E-state index contributed by atoms with van der Waals surface area (Å²) >= 11 is 1.90. The number of aromatic nitrogens is 2. The van der Waals surface area contributed by atoms with Gasteiger partial charge in [0, 0.05) is 63.9 Å². The SMILES string of the molecule is C/C=C\C=C/CC.CC1(C)C2=C(CCC(c3cc(-c4ccc5c(c4)sc4ccccc45)cc(-n4c5ccccc5c5ccc6[nH]c7ccccc7c6c54)c3)=C2)C2=C1CCC=C2. The van der Waals surface area contributed by atoms with Gasteiger partial charge in [0.2, 0.25) is 0 Å². The first-order valence-corrected chi connectivity index (χ1v) is 22.9. The minimum atomic E-state index is 0.0571. The Bertz CT molecular complexity index is 3430. The zero-order chi connectivity index (χ0) is 41.2. The van der Waals surface area contributed by atoms with Gasteiger partial charge in [-0.3, -0.25) is 0 Å². The van der Waals surface area contributed by atoms with Gasteiger partial charge in [-0.2, -0.15) is 0 Å². The van der Waals surface area contributed by atoms with Crippen molar-refractivity contribution in [3.63, 3.8) is 0 Å². The van der Waals surface area contributed by atoms with Crippen LogP contribution in [0.1, 0.15) is 65.4 Å². The maximum atomic E-state index is 3.74. The fourth-order valence-electron chi connectivity index (χ4n) is 10.5. The van der Waals surface area contributed by atoms with Gasteiger partial charge in [0.25, 0.3) is 0 Å². The van der Waals surface area contributed by atoms with E-state index in [1.165, 1.54) is 109 Å². The summed E-state index contributed by atoms with van der Waals surface area (Å²) in [6.45, 7) is 9.05. The number of hydrogen-bond donors (Lipinski definition) is 1. The summed E-state index contributed by atoms with van der Waals surface area (Å²) in [5, 5.41) is 7.78. The molecule has 12 rings (SSSR count). The number of aromatic amines is 1. The average molecular weight is 807 g/mol. The third-order valence-corrected chi connectivity index (χ3v) is 14.6. The van der Waals surface area contributed by atoms with Gasteiger partial charge in [0.15, 0.2) is 0 Å².